The lowest BCUT2D eigenvalue weighted by Gasteiger charge is -2.12. The monoisotopic (exact) mass is 931 g/mol. The Balaban J connectivity index is 0.000000279. The number of rotatable bonds is 5. The van der Waals surface area contributed by atoms with Gasteiger partial charge in [0.05, 0.1) is 23.3 Å². The zero-order valence-electron chi connectivity index (χ0n) is 27.5. The van der Waals surface area contributed by atoms with Crippen molar-refractivity contribution >= 4 is 127 Å². The first-order chi connectivity index (χ1) is 26.3. The predicted molar refractivity (Wildman–Crippen MR) is 245 cm³/mol. The van der Waals surface area contributed by atoms with E-state index in [0.717, 1.165) is 28.2 Å². The van der Waals surface area contributed by atoms with E-state index in [1.165, 1.54) is 30.0 Å². The fourth-order valence-corrected chi connectivity index (χ4v) is 7.33. The Morgan fingerprint density at radius 3 is 1.64 bits per heavy atom. The molecule has 282 valence electrons. The molecule has 1 N–H and O–H groups in total. The quantitative estimate of drug-likeness (QED) is 0.0971. The Bertz CT molecular complexity index is 2590. The van der Waals surface area contributed by atoms with E-state index in [1.807, 2.05) is 10.8 Å². The minimum absolute atomic E-state index is 0. The molecule has 0 bridgehead atoms. The average Bonchev–Trinajstić information content (AvgIpc) is 3.16. The topological polar surface area (TPSA) is 137 Å². The lowest BCUT2D eigenvalue weighted by Crippen LogP contribution is -2.13. The van der Waals surface area contributed by atoms with E-state index >= 15 is 0 Å². The zero-order valence-corrected chi connectivity index (χ0v) is 35.5. The molecule has 0 amide bonds. The summed E-state index contributed by atoms with van der Waals surface area (Å²) in [6, 6.07) is 26.9. The Morgan fingerprint density at radius 2 is 1.21 bits per heavy atom. The molecule has 2 aromatic heterocycles. The number of thioether (sulfide) groups is 1. The first-order valence-electron chi connectivity index (χ1n) is 14.8. The molecule has 4 aromatic carbocycles. The van der Waals surface area contributed by atoms with E-state index in [1.54, 1.807) is 73.0 Å². The van der Waals surface area contributed by atoms with Gasteiger partial charge in [0.15, 0.2) is 17.7 Å². The number of nitrogens with zero attached hydrogens (tertiary/aromatic N) is 4. The lowest BCUT2D eigenvalue weighted by molar-refractivity contribution is 0.457. The molecule has 2 heterocycles. The van der Waals surface area contributed by atoms with E-state index in [0.29, 0.717) is 46.8 Å². The molecule has 56 heavy (non-hydrogen) atoms. The van der Waals surface area contributed by atoms with Gasteiger partial charge in [-0.25, -0.2) is 4.98 Å². The summed E-state index contributed by atoms with van der Waals surface area (Å²) in [7, 11) is 0. The molecule has 0 saturated carbocycles. The number of thiocarbonyl (C=S) groups is 2. The van der Waals surface area contributed by atoms with Gasteiger partial charge in [-0.05, 0) is 67.0 Å². The molecule has 18 heteroatoms. The van der Waals surface area contributed by atoms with Gasteiger partial charge in [0.2, 0.25) is 15.0 Å². The zero-order chi connectivity index (χ0) is 40.2. The predicted octanol–water partition coefficient (Wildman–Crippen LogP) is 12.2. The van der Waals surface area contributed by atoms with Crippen LogP contribution in [0.5, 0.6) is 10.9 Å². The van der Waals surface area contributed by atoms with Crippen LogP contribution >= 0.6 is 118 Å². The van der Waals surface area contributed by atoms with Crippen LogP contribution < -0.4 is 15.0 Å². The van der Waals surface area contributed by atoms with Crippen molar-refractivity contribution in [2.45, 2.75) is 7.43 Å². The van der Waals surface area contributed by atoms with Gasteiger partial charge < -0.3 is 9.84 Å². The third-order valence-electron chi connectivity index (χ3n) is 6.90. The van der Waals surface area contributed by atoms with Crippen LogP contribution in [-0.4, -0.2) is 30.4 Å². The highest BCUT2D eigenvalue weighted by Crippen LogP contribution is 2.38. The van der Waals surface area contributed by atoms with Crippen molar-refractivity contribution in [2.24, 2.45) is 0 Å². The van der Waals surface area contributed by atoms with Crippen LogP contribution in [0, 0.1) is 22.7 Å². The van der Waals surface area contributed by atoms with Gasteiger partial charge in [0.25, 0.3) is 17.8 Å². The van der Waals surface area contributed by atoms with Crippen LogP contribution in [0.15, 0.2) is 94.5 Å². The second kappa shape index (κ2) is 22.1. The van der Waals surface area contributed by atoms with E-state index in [-0.39, 0.29) is 39.1 Å². The van der Waals surface area contributed by atoms with Crippen LogP contribution in [0.2, 0.25) is 20.1 Å². The van der Waals surface area contributed by atoms with Crippen LogP contribution in [0.4, 0.5) is 0 Å². The number of thiol groups is 1. The summed E-state index contributed by atoms with van der Waals surface area (Å²) < 4.78 is 7.63. The van der Waals surface area contributed by atoms with Crippen molar-refractivity contribution in [1.29, 1.82) is 10.5 Å². The molecule has 0 atom stereocenters. The summed E-state index contributed by atoms with van der Waals surface area (Å²) in [5, 5.41) is 31.9. The fraction of sp³-hybridized carbons (Fsp3) is 0.0526. The molecule has 0 unspecified atom stereocenters. The summed E-state index contributed by atoms with van der Waals surface area (Å²) in [5.74, 6) is -0.428. The van der Waals surface area contributed by atoms with Crippen molar-refractivity contribution in [3.8, 4) is 66.5 Å². The van der Waals surface area contributed by atoms with Gasteiger partial charge in [-0.1, -0.05) is 125 Å². The number of halogens is 4. The lowest BCUT2D eigenvalue weighted by atomic mass is 10.0. The third kappa shape index (κ3) is 12.0. The van der Waals surface area contributed by atoms with E-state index in [4.69, 9.17) is 63.4 Å². The first-order valence-corrected chi connectivity index (χ1v) is 20.5. The van der Waals surface area contributed by atoms with Crippen molar-refractivity contribution < 1.29 is 9.84 Å². The van der Waals surface area contributed by atoms with E-state index in [9.17, 15) is 25.2 Å². The van der Waals surface area contributed by atoms with Crippen molar-refractivity contribution in [2.75, 3.05) is 6.26 Å². The van der Waals surface area contributed by atoms with Gasteiger partial charge in [0, 0.05) is 42.3 Å². The molecule has 0 aliphatic rings. The van der Waals surface area contributed by atoms with Crippen LogP contribution in [-0.2, 0) is 0 Å². The van der Waals surface area contributed by atoms with Gasteiger partial charge in [0.1, 0.15) is 21.1 Å². The Morgan fingerprint density at radius 1 is 0.786 bits per heavy atom. The molecule has 0 radical (unpaired) electrons. The number of ether oxygens (including phenoxy) is 1. The molecular formula is C38H23Cl4N4O4S6+. The number of aromatic nitrogens is 2. The molecule has 0 aliphatic heterocycles. The van der Waals surface area contributed by atoms with Crippen LogP contribution in [0.3, 0.4) is 0 Å². The van der Waals surface area contributed by atoms with Crippen molar-refractivity contribution in [3.63, 3.8) is 0 Å². The molecule has 0 spiro atoms. The van der Waals surface area contributed by atoms with Crippen LogP contribution in [0.1, 0.15) is 18.6 Å². The maximum absolute atomic E-state index is 12.9. The van der Waals surface area contributed by atoms with Crippen molar-refractivity contribution in [3.05, 3.63) is 136 Å². The Kier molecular flexibility index (Phi) is 18.3. The van der Waals surface area contributed by atoms with Gasteiger partial charge in [-0.15, -0.1) is 0 Å². The minimum Gasteiger partial charge on any atom is -0.493 e. The molecular weight excluding hydrogens is 911 g/mol. The number of aromatic hydroxyl groups is 1. The molecule has 6 aromatic rings. The highest BCUT2D eigenvalue weighted by molar-refractivity contribution is 8.22. The highest BCUT2D eigenvalue weighted by atomic mass is 35.5. The summed E-state index contributed by atoms with van der Waals surface area (Å²) in [6.45, 7) is 0. The Labute approximate surface area is 370 Å². The molecule has 8 nitrogen and oxygen atoms in total. The summed E-state index contributed by atoms with van der Waals surface area (Å²) in [6.07, 6.45) is 1.77. The maximum atomic E-state index is 12.9. The minimum atomic E-state index is -0.526. The van der Waals surface area contributed by atoms with Gasteiger partial charge in [-0.2, -0.15) is 15.5 Å². The molecule has 0 aliphatic carbocycles. The van der Waals surface area contributed by atoms with E-state index in [2.05, 4.69) is 40.9 Å². The standard InChI is InChI=1S/C19H10Cl2N2O2S3.C17H8Cl2N2O2S.CHS2.CH4/c1-27-19(26)25-18-15(14-7-6-13(21)8-11(14)9-22)16(24)23-17(28-18)10-2-4-12(20)5-3-10;18-11-3-1-9(2-4-11)16-21-15(22)14(17(23)24-16)13-6-5-12(19)7-10(13)8-20;2-1-3;/h2-8H,1H3;1-7,22H;(H,2,3);1H4/q;;+1;. The molecule has 0 fully saturated rings. The third-order valence-corrected chi connectivity index (χ3v) is 10.8. The SMILES string of the molecule is C.CSC(=S)Oc1sc(-c2ccc(Cl)cc2)nc(=O)c1-c1ccc(Cl)cc1C#N.N#Cc1cc(Cl)ccc1-c1c(O)nc(-c2ccc(Cl)cc2)sc1=O.S=[C+]S. The second-order valence-electron chi connectivity index (χ2n) is 10.3. The number of hydrogen-bond donors (Lipinski definition) is 2. The molecule has 6 rings (SSSR count). The normalized spacial score (nSPS) is 9.79. The number of hydrogen-bond acceptors (Lipinski definition) is 13. The van der Waals surface area contributed by atoms with E-state index < -0.39 is 16.2 Å². The van der Waals surface area contributed by atoms with Gasteiger partial charge >= 0.3 is 4.70 Å². The fourth-order valence-electron chi connectivity index (χ4n) is 4.53. The highest BCUT2D eigenvalue weighted by Gasteiger charge is 2.21. The summed E-state index contributed by atoms with van der Waals surface area (Å²) in [5.41, 5.74) is 2.16. The van der Waals surface area contributed by atoms with Crippen molar-refractivity contribution in [1.82, 2.24) is 9.97 Å². The second-order valence-corrected chi connectivity index (χ2v) is 16.1. The van der Waals surface area contributed by atoms with Crippen LogP contribution in [0.25, 0.3) is 43.4 Å². The van der Waals surface area contributed by atoms with Gasteiger partial charge in [-0.3, -0.25) is 9.59 Å². The Hall–Kier alpha value is -3.99. The summed E-state index contributed by atoms with van der Waals surface area (Å²) >= 11 is 39.4. The largest absolute Gasteiger partial charge is 0.493 e. The summed E-state index contributed by atoms with van der Waals surface area (Å²) in [4.78, 5) is 33.7. The number of nitriles is 2. The first kappa shape index (κ1) is 46.4. The maximum Gasteiger partial charge on any atom is 0.401 e. The number of benzene rings is 4. The smallest absolute Gasteiger partial charge is 0.401 e. The molecule has 0 saturated heterocycles. The average molecular weight is 934 g/mol.